The molecule has 0 spiro atoms. The fourth-order valence-corrected chi connectivity index (χ4v) is 3.38. The Kier molecular flexibility index (Phi) is 5.67. The van der Waals surface area contributed by atoms with Crippen molar-refractivity contribution < 1.29 is 14.5 Å². The molecule has 8 heteroatoms. The molecule has 1 amide bonds. The van der Waals surface area contributed by atoms with Crippen molar-refractivity contribution in [1.29, 1.82) is 0 Å². The second-order valence-corrected chi connectivity index (χ2v) is 7.24. The average molecular weight is 428 g/mol. The Bertz CT molecular complexity index is 1340. The van der Waals surface area contributed by atoms with Crippen LogP contribution in [0.2, 0.25) is 0 Å². The Hall–Kier alpha value is -4.46. The third kappa shape index (κ3) is 4.49. The minimum Gasteiger partial charge on any atom is -0.489 e. The Labute approximate surface area is 183 Å². The summed E-state index contributed by atoms with van der Waals surface area (Å²) < 4.78 is 5.70. The highest BCUT2D eigenvalue weighted by molar-refractivity contribution is 6.06. The lowest BCUT2D eigenvalue weighted by Gasteiger charge is -2.12. The Morgan fingerprint density at radius 2 is 1.91 bits per heavy atom. The number of hydrogen-bond acceptors (Lipinski definition) is 6. The van der Waals surface area contributed by atoms with Gasteiger partial charge in [-0.05, 0) is 43.3 Å². The lowest BCUT2D eigenvalue weighted by Crippen LogP contribution is -2.15. The van der Waals surface area contributed by atoms with Gasteiger partial charge in [0.1, 0.15) is 12.4 Å². The first-order chi connectivity index (χ1) is 15.4. The highest BCUT2D eigenvalue weighted by Crippen LogP contribution is 2.25. The lowest BCUT2D eigenvalue weighted by molar-refractivity contribution is -0.384. The van der Waals surface area contributed by atoms with Crippen LogP contribution in [-0.4, -0.2) is 15.8 Å². The first-order valence-electron chi connectivity index (χ1n) is 9.84. The molecule has 0 bridgehead atoms. The van der Waals surface area contributed by atoms with Crippen LogP contribution in [0.5, 0.6) is 5.75 Å². The van der Waals surface area contributed by atoms with Crippen LogP contribution in [0, 0.1) is 17.0 Å². The maximum Gasteiger partial charge on any atom is 0.273 e. The van der Waals surface area contributed by atoms with Crippen LogP contribution in [0.1, 0.15) is 21.6 Å². The molecule has 4 aromatic rings. The normalized spacial score (nSPS) is 10.7. The number of nitro benzene ring substituents is 1. The van der Waals surface area contributed by atoms with Crippen LogP contribution in [0.25, 0.3) is 10.9 Å². The summed E-state index contributed by atoms with van der Waals surface area (Å²) in [4.78, 5) is 27.9. The molecule has 0 aliphatic rings. The number of hydrogen-bond donors (Lipinski definition) is 2. The van der Waals surface area contributed by atoms with Gasteiger partial charge in [0.15, 0.2) is 0 Å². The van der Waals surface area contributed by atoms with Crippen molar-refractivity contribution in [3.63, 3.8) is 0 Å². The van der Waals surface area contributed by atoms with Gasteiger partial charge in [0.05, 0.1) is 16.5 Å². The molecule has 3 N–H and O–H groups in total. The third-order valence-corrected chi connectivity index (χ3v) is 4.91. The predicted octanol–water partition coefficient (Wildman–Crippen LogP) is 4.86. The number of aromatic nitrogens is 1. The maximum absolute atomic E-state index is 13.0. The highest BCUT2D eigenvalue weighted by Gasteiger charge is 2.13. The number of non-ortho nitro benzene ring substituents is 1. The van der Waals surface area contributed by atoms with E-state index in [9.17, 15) is 14.9 Å². The molecule has 32 heavy (non-hydrogen) atoms. The largest absolute Gasteiger partial charge is 0.489 e. The molecule has 0 saturated heterocycles. The summed E-state index contributed by atoms with van der Waals surface area (Å²) in [6.07, 6.45) is 0. The van der Waals surface area contributed by atoms with E-state index in [1.807, 2.05) is 13.0 Å². The van der Waals surface area contributed by atoms with E-state index in [1.165, 1.54) is 12.1 Å². The van der Waals surface area contributed by atoms with Crippen LogP contribution in [0.15, 0.2) is 72.8 Å². The smallest absolute Gasteiger partial charge is 0.273 e. The van der Waals surface area contributed by atoms with Gasteiger partial charge in [-0.25, -0.2) is 0 Å². The van der Waals surface area contributed by atoms with Crippen LogP contribution < -0.4 is 15.8 Å². The Morgan fingerprint density at radius 1 is 1.09 bits per heavy atom. The number of fused-ring (bicyclic) bond motifs is 1. The van der Waals surface area contributed by atoms with E-state index in [1.54, 1.807) is 54.6 Å². The first kappa shape index (κ1) is 20.8. The van der Waals surface area contributed by atoms with E-state index in [0.717, 1.165) is 16.6 Å². The number of rotatable bonds is 6. The monoisotopic (exact) mass is 428 g/mol. The van der Waals surface area contributed by atoms with Gasteiger partial charge < -0.3 is 15.8 Å². The molecule has 0 atom stereocenters. The fraction of sp³-hybridized carbons (Fsp3) is 0.0833. The summed E-state index contributed by atoms with van der Waals surface area (Å²) in [5.41, 5.74) is 9.89. The van der Waals surface area contributed by atoms with Gasteiger partial charge in [-0.3, -0.25) is 19.9 Å². The standard InChI is InChI=1S/C24H20N4O4/c1-15-11-22(25)21-12-17(9-10-23(21)26-15)27-24(29)20-8-3-2-5-16(20)14-32-19-7-4-6-18(13-19)28(30)31/h2-13H,14H2,1H3,(H2,25,26)(H,27,29). The van der Waals surface area contributed by atoms with Gasteiger partial charge in [0.2, 0.25) is 0 Å². The Morgan fingerprint density at radius 3 is 2.72 bits per heavy atom. The van der Waals surface area contributed by atoms with Gasteiger partial charge >= 0.3 is 0 Å². The molecule has 0 radical (unpaired) electrons. The van der Waals surface area contributed by atoms with Crippen molar-refractivity contribution in [2.45, 2.75) is 13.5 Å². The van der Waals surface area contributed by atoms with Crippen molar-refractivity contribution in [3.8, 4) is 5.75 Å². The zero-order chi connectivity index (χ0) is 22.7. The van der Waals surface area contributed by atoms with Gasteiger partial charge in [-0.1, -0.05) is 24.3 Å². The summed E-state index contributed by atoms with van der Waals surface area (Å²) in [6.45, 7) is 1.96. The lowest BCUT2D eigenvalue weighted by atomic mass is 10.1. The van der Waals surface area contributed by atoms with Gasteiger partial charge in [-0.15, -0.1) is 0 Å². The number of aryl methyl sites for hydroxylation is 1. The highest BCUT2D eigenvalue weighted by atomic mass is 16.6. The number of amides is 1. The topological polar surface area (TPSA) is 120 Å². The summed E-state index contributed by atoms with van der Waals surface area (Å²) in [7, 11) is 0. The molecule has 0 aliphatic heterocycles. The zero-order valence-corrected chi connectivity index (χ0v) is 17.2. The van der Waals surface area contributed by atoms with Crippen molar-refractivity contribution in [3.05, 3.63) is 99.7 Å². The van der Waals surface area contributed by atoms with Crippen LogP contribution in [0.4, 0.5) is 17.1 Å². The van der Waals surface area contributed by atoms with E-state index in [0.29, 0.717) is 28.3 Å². The van der Waals surface area contributed by atoms with E-state index in [2.05, 4.69) is 10.3 Å². The molecule has 0 aliphatic carbocycles. The van der Waals surface area contributed by atoms with E-state index >= 15 is 0 Å². The number of nitrogen functional groups attached to an aromatic ring is 1. The number of nitrogens with two attached hydrogens (primary N) is 1. The van der Waals surface area contributed by atoms with Gasteiger partial charge in [0, 0.05) is 39.6 Å². The molecular formula is C24H20N4O4. The van der Waals surface area contributed by atoms with Crippen LogP contribution in [0.3, 0.4) is 0 Å². The second-order valence-electron chi connectivity index (χ2n) is 7.24. The number of nitro groups is 1. The molecule has 4 rings (SSSR count). The second kappa shape index (κ2) is 8.73. The molecule has 0 fully saturated rings. The van der Waals surface area contributed by atoms with E-state index in [4.69, 9.17) is 10.5 Å². The average Bonchev–Trinajstić information content (AvgIpc) is 2.78. The van der Waals surface area contributed by atoms with Crippen molar-refractivity contribution in [1.82, 2.24) is 4.98 Å². The van der Waals surface area contributed by atoms with Crippen molar-refractivity contribution >= 4 is 33.9 Å². The molecule has 160 valence electrons. The number of benzene rings is 3. The van der Waals surface area contributed by atoms with Gasteiger partial charge in [0.25, 0.3) is 11.6 Å². The molecule has 3 aromatic carbocycles. The molecule has 0 unspecified atom stereocenters. The predicted molar refractivity (Wildman–Crippen MR) is 123 cm³/mol. The summed E-state index contributed by atoms with van der Waals surface area (Å²) in [5.74, 6) is 0.0449. The number of nitrogens with one attached hydrogen (secondary N) is 1. The molecule has 0 saturated carbocycles. The Balaban J connectivity index is 1.53. The summed E-state index contributed by atoms with van der Waals surface area (Å²) in [6, 6.07) is 20.1. The quantitative estimate of drug-likeness (QED) is 0.334. The molecular weight excluding hydrogens is 408 g/mol. The van der Waals surface area contributed by atoms with Crippen molar-refractivity contribution in [2.75, 3.05) is 11.1 Å². The first-order valence-corrected chi connectivity index (χ1v) is 9.84. The number of carbonyl (C=O) groups is 1. The summed E-state index contributed by atoms with van der Waals surface area (Å²) in [5, 5.41) is 14.6. The SMILES string of the molecule is Cc1cc(N)c2cc(NC(=O)c3ccccc3COc3cccc([N+](=O)[O-])c3)ccc2n1. The van der Waals surface area contributed by atoms with Gasteiger partial charge in [-0.2, -0.15) is 0 Å². The molecule has 1 heterocycles. The summed E-state index contributed by atoms with van der Waals surface area (Å²) >= 11 is 0. The number of anilines is 2. The number of pyridine rings is 1. The van der Waals surface area contributed by atoms with Crippen LogP contribution >= 0.6 is 0 Å². The van der Waals surface area contributed by atoms with Crippen molar-refractivity contribution in [2.24, 2.45) is 0 Å². The third-order valence-electron chi connectivity index (χ3n) is 4.91. The van der Waals surface area contributed by atoms with E-state index in [-0.39, 0.29) is 18.2 Å². The number of nitrogens with zero attached hydrogens (tertiary/aromatic N) is 2. The minimum absolute atomic E-state index is 0.0613. The molecule has 1 aromatic heterocycles. The number of ether oxygens (including phenoxy) is 1. The fourth-order valence-electron chi connectivity index (χ4n) is 3.38. The minimum atomic E-state index is -0.485. The van der Waals surface area contributed by atoms with E-state index < -0.39 is 4.92 Å². The molecule has 8 nitrogen and oxygen atoms in total. The maximum atomic E-state index is 13.0. The number of carbonyl (C=O) groups excluding carboxylic acids is 1. The van der Waals surface area contributed by atoms with Crippen LogP contribution in [-0.2, 0) is 6.61 Å². The zero-order valence-electron chi connectivity index (χ0n) is 17.2.